The standard InChI is InChI=1S/C18H19N3O4S2/c1-25-18(22)14-8-3-5-10-16(14)27(23,24)20-12-6-11-19-17-13-7-2-4-9-15(13)26-21-17/h2-5,7-10,20H,6,11-12H2,1H3,(H,19,21). The van der Waals surface area contributed by atoms with E-state index >= 15 is 0 Å². The molecule has 0 spiro atoms. The van der Waals surface area contributed by atoms with E-state index in [4.69, 9.17) is 0 Å². The van der Waals surface area contributed by atoms with Crippen LogP contribution in [0.2, 0.25) is 0 Å². The second kappa shape index (κ2) is 8.47. The molecule has 0 aliphatic carbocycles. The van der Waals surface area contributed by atoms with Gasteiger partial charge in [-0.2, -0.15) is 4.37 Å². The first-order valence-corrected chi connectivity index (χ1v) is 10.5. The molecule has 0 unspecified atom stereocenters. The van der Waals surface area contributed by atoms with Crippen molar-refractivity contribution in [2.75, 3.05) is 25.5 Å². The van der Waals surface area contributed by atoms with Crippen molar-refractivity contribution < 1.29 is 17.9 Å². The number of anilines is 1. The van der Waals surface area contributed by atoms with Crippen molar-refractivity contribution in [3.63, 3.8) is 0 Å². The lowest BCUT2D eigenvalue weighted by Crippen LogP contribution is -2.27. The molecular weight excluding hydrogens is 386 g/mol. The molecule has 3 rings (SSSR count). The third kappa shape index (κ3) is 4.44. The van der Waals surface area contributed by atoms with Crippen molar-refractivity contribution >= 4 is 43.4 Å². The Balaban J connectivity index is 1.56. The Bertz CT molecular complexity index is 1050. The number of rotatable bonds is 8. The minimum absolute atomic E-state index is 0.0135. The lowest BCUT2D eigenvalue weighted by Gasteiger charge is -2.10. The number of aromatic nitrogens is 1. The van der Waals surface area contributed by atoms with Gasteiger partial charge < -0.3 is 10.1 Å². The molecule has 0 aliphatic rings. The maximum atomic E-state index is 12.5. The van der Waals surface area contributed by atoms with Crippen molar-refractivity contribution in [1.82, 2.24) is 9.10 Å². The summed E-state index contributed by atoms with van der Waals surface area (Å²) in [6, 6.07) is 13.9. The minimum atomic E-state index is -3.81. The number of benzene rings is 2. The number of methoxy groups -OCH3 is 1. The Labute approximate surface area is 161 Å². The van der Waals surface area contributed by atoms with Crippen LogP contribution in [-0.2, 0) is 14.8 Å². The highest BCUT2D eigenvalue weighted by molar-refractivity contribution is 7.89. The molecule has 9 heteroatoms. The molecule has 0 saturated heterocycles. The fourth-order valence-corrected chi connectivity index (χ4v) is 4.59. The Morgan fingerprint density at radius 2 is 1.85 bits per heavy atom. The SMILES string of the molecule is COC(=O)c1ccccc1S(=O)(=O)NCCCNc1nsc2ccccc12. The predicted molar refractivity (Wildman–Crippen MR) is 106 cm³/mol. The summed E-state index contributed by atoms with van der Waals surface area (Å²) >= 11 is 1.42. The van der Waals surface area contributed by atoms with E-state index in [1.165, 1.54) is 30.8 Å². The third-order valence-corrected chi connectivity index (χ3v) is 6.24. The number of hydrogen-bond acceptors (Lipinski definition) is 7. The van der Waals surface area contributed by atoms with Crippen LogP contribution in [0.25, 0.3) is 10.1 Å². The fraction of sp³-hybridized carbons (Fsp3) is 0.222. The van der Waals surface area contributed by atoms with Crippen molar-refractivity contribution in [3.8, 4) is 0 Å². The smallest absolute Gasteiger partial charge is 0.339 e. The first kappa shape index (κ1) is 19.3. The number of hydrogen-bond donors (Lipinski definition) is 2. The zero-order valence-corrected chi connectivity index (χ0v) is 16.3. The zero-order chi connectivity index (χ0) is 19.3. The number of nitrogens with zero attached hydrogens (tertiary/aromatic N) is 1. The largest absolute Gasteiger partial charge is 0.465 e. The first-order chi connectivity index (χ1) is 13.0. The lowest BCUT2D eigenvalue weighted by molar-refractivity contribution is 0.0596. The lowest BCUT2D eigenvalue weighted by atomic mass is 10.2. The van der Waals surface area contributed by atoms with Crippen LogP contribution in [0.3, 0.4) is 0 Å². The summed E-state index contributed by atoms with van der Waals surface area (Å²) in [4.78, 5) is 11.7. The summed E-state index contributed by atoms with van der Waals surface area (Å²) in [5, 5.41) is 4.27. The van der Waals surface area contributed by atoms with Gasteiger partial charge >= 0.3 is 5.97 Å². The normalized spacial score (nSPS) is 11.4. The van der Waals surface area contributed by atoms with Gasteiger partial charge in [-0.3, -0.25) is 0 Å². The van der Waals surface area contributed by atoms with Crippen molar-refractivity contribution in [3.05, 3.63) is 54.1 Å². The number of nitrogens with one attached hydrogen (secondary N) is 2. The molecule has 27 heavy (non-hydrogen) atoms. The Hall–Kier alpha value is -2.49. The van der Waals surface area contributed by atoms with E-state index in [0.29, 0.717) is 13.0 Å². The van der Waals surface area contributed by atoms with E-state index in [0.717, 1.165) is 15.9 Å². The summed E-state index contributed by atoms with van der Waals surface area (Å²) < 4.78 is 37.6. The third-order valence-electron chi connectivity index (χ3n) is 3.90. The van der Waals surface area contributed by atoms with Crippen LogP contribution < -0.4 is 10.0 Å². The van der Waals surface area contributed by atoms with E-state index in [1.807, 2.05) is 24.3 Å². The Kier molecular flexibility index (Phi) is 6.04. The van der Waals surface area contributed by atoms with Crippen LogP contribution in [0.5, 0.6) is 0 Å². The molecule has 142 valence electrons. The first-order valence-electron chi connectivity index (χ1n) is 8.28. The number of sulfonamides is 1. The van der Waals surface area contributed by atoms with Gasteiger partial charge in [0.1, 0.15) is 5.82 Å². The van der Waals surface area contributed by atoms with Crippen LogP contribution in [-0.4, -0.2) is 39.0 Å². The van der Waals surface area contributed by atoms with Gasteiger partial charge in [-0.25, -0.2) is 17.9 Å². The van der Waals surface area contributed by atoms with E-state index in [2.05, 4.69) is 19.1 Å². The fourth-order valence-electron chi connectivity index (χ4n) is 2.57. The molecule has 0 aliphatic heterocycles. The molecule has 3 aromatic rings. The van der Waals surface area contributed by atoms with Gasteiger partial charge in [0, 0.05) is 18.5 Å². The molecular formula is C18H19N3O4S2. The maximum Gasteiger partial charge on any atom is 0.339 e. The molecule has 7 nitrogen and oxygen atoms in total. The van der Waals surface area contributed by atoms with Crippen molar-refractivity contribution in [1.29, 1.82) is 0 Å². The Morgan fingerprint density at radius 1 is 1.11 bits per heavy atom. The van der Waals surface area contributed by atoms with Crippen LogP contribution in [0.15, 0.2) is 53.4 Å². The molecule has 2 N–H and O–H groups in total. The Morgan fingerprint density at radius 3 is 2.67 bits per heavy atom. The highest BCUT2D eigenvalue weighted by Gasteiger charge is 2.22. The van der Waals surface area contributed by atoms with Gasteiger partial charge in [0.2, 0.25) is 10.0 Å². The summed E-state index contributed by atoms with van der Waals surface area (Å²) in [6.07, 6.45) is 0.561. The maximum absolute atomic E-state index is 12.5. The van der Waals surface area contributed by atoms with Crippen LogP contribution in [0.1, 0.15) is 16.8 Å². The monoisotopic (exact) mass is 405 g/mol. The quantitative estimate of drug-likeness (QED) is 0.442. The van der Waals surface area contributed by atoms with Crippen LogP contribution in [0.4, 0.5) is 5.82 Å². The molecule has 0 fully saturated rings. The summed E-state index contributed by atoms with van der Waals surface area (Å²) in [6.45, 7) is 0.793. The molecule has 0 amide bonds. The minimum Gasteiger partial charge on any atom is -0.465 e. The summed E-state index contributed by atoms with van der Waals surface area (Å²) in [7, 11) is -2.59. The number of carbonyl (C=O) groups excluding carboxylic acids is 1. The van der Waals surface area contributed by atoms with E-state index in [9.17, 15) is 13.2 Å². The van der Waals surface area contributed by atoms with E-state index in [1.54, 1.807) is 12.1 Å². The summed E-state index contributed by atoms with van der Waals surface area (Å²) in [5.41, 5.74) is 0.0135. The second-order valence-corrected chi connectivity index (χ2v) is 8.23. The van der Waals surface area contributed by atoms with Crippen LogP contribution in [0, 0.1) is 0 Å². The van der Waals surface area contributed by atoms with Gasteiger partial charge in [-0.1, -0.05) is 24.3 Å². The van der Waals surface area contributed by atoms with Gasteiger partial charge in [-0.15, -0.1) is 0 Å². The molecule has 1 heterocycles. The number of fused-ring (bicyclic) bond motifs is 1. The van der Waals surface area contributed by atoms with Gasteiger partial charge in [0.05, 0.1) is 22.3 Å². The molecule has 0 saturated carbocycles. The summed E-state index contributed by atoms with van der Waals surface area (Å²) in [5.74, 6) is 0.113. The molecule has 0 atom stereocenters. The number of esters is 1. The average Bonchev–Trinajstić information content (AvgIpc) is 3.10. The molecule has 2 aromatic carbocycles. The molecule has 0 radical (unpaired) electrons. The van der Waals surface area contributed by atoms with Gasteiger partial charge in [0.15, 0.2) is 0 Å². The highest BCUT2D eigenvalue weighted by Crippen LogP contribution is 2.25. The van der Waals surface area contributed by atoms with E-state index < -0.39 is 16.0 Å². The molecule has 0 bridgehead atoms. The zero-order valence-electron chi connectivity index (χ0n) is 14.6. The topological polar surface area (TPSA) is 97.4 Å². The van der Waals surface area contributed by atoms with Crippen molar-refractivity contribution in [2.45, 2.75) is 11.3 Å². The number of ether oxygens (including phenoxy) is 1. The van der Waals surface area contributed by atoms with Gasteiger partial charge in [0.25, 0.3) is 0 Å². The average molecular weight is 406 g/mol. The van der Waals surface area contributed by atoms with Gasteiger partial charge in [-0.05, 0) is 42.2 Å². The van der Waals surface area contributed by atoms with Crippen LogP contribution >= 0.6 is 11.5 Å². The predicted octanol–water partition coefficient (Wildman–Crippen LogP) is 2.86. The second-order valence-electron chi connectivity index (χ2n) is 5.69. The van der Waals surface area contributed by atoms with E-state index in [-0.39, 0.29) is 17.0 Å². The number of carbonyl (C=O) groups is 1. The highest BCUT2D eigenvalue weighted by atomic mass is 32.2. The molecule has 1 aromatic heterocycles. The van der Waals surface area contributed by atoms with Crippen molar-refractivity contribution in [2.24, 2.45) is 0 Å².